The standard InChI is InChI=1S/C14H23N5O2.2ClH/c1-11-9-15-6-8-18(11)13(20)10-17(3)14(21)12(2)19-7-4-5-16-19;;/h4-5,7,11-12,15H,6,8-10H2,1-3H3;2*1H. The summed E-state index contributed by atoms with van der Waals surface area (Å²) in [4.78, 5) is 27.9. The molecule has 1 aliphatic rings. The van der Waals surface area contributed by atoms with Gasteiger partial charge in [-0.1, -0.05) is 0 Å². The van der Waals surface area contributed by atoms with Crippen molar-refractivity contribution < 1.29 is 9.59 Å². The van der Waals surface area contributed by atoms with Gasteiger partial charge in [0.1, 0.15) is 6.04 Å². The molecule has 2 heterocycles. The molecule has 0 spiro atoms. The SMILES string of the molecule is CC1CNCCN1C(=O)CN(C)C(=O)C(C)n1cccn1.Cl.Cl. The number of nitrogens with one attached hydrogen (secondary N) is 1. The van der Waals surface area contributed by atoms with Gasteiger partial charge in [-0.3, -0.25) is 14.3 Å². The molecule has 0 saturated carbocycles. The molecule has 0 bridgehead atoms. The van der Waals surface area contributed by atoms with Gasteiger partial charge in [0.15, 0.2) is 0 Å². The molecule has 0 aromatic carbocycles. The predicted molar refractivity (Wildman–Crippen MR) is 93.1 cm³/mol. The third-order valence-electron chi connectivity index (χ3n) is 3.85. The van der Waals surface area contributed by atoms with Gasteiger partial charge in [0.05, 0.1) is 6.54 Å². The zero-order valence-corrected chi connectivity index (χ0v) is 15.3. The smallest absolute Gasteiger partial charge is 0.247 e. The van der Waals surface area contributed by atoms with Crippen LogP contribution in [0.1, 0.15) is 19.9 Å². The summed E-state index contributed by atoms with van der Waals surface area (Å²) >= 11 is 0. The van der Waals surface area contributed by atoms with E-state index >= 15 is 0 Å². The van der Waals surface area contributed by atoms with Crippen LogP contribution in [0.3, 0.4) is 0 Å². The number of hydrogen-bond donors (Lipinski definition) is 1. The first-order valence-corrected chi connectivity index (χ1v) is 7.25. The number of aromatic nitrogens is 2. The first kappa shape index (κ1) is 21.7. The summed E-state index contributed by atoms with van der Waals surface area (Å²) in [5, 5.41) is 7.31. The number of piperazine rings is 1. The third kappa shape index (κ3) is 5.37. The van der Waals surface area contributed by atoms with Crippen molar-refractivity contribution in [3.8, 4) is 0 Å². The van der Waals surface area contributed by atoms with Crippen molar-refractivity contribution in [3.05, 3.63) is 18.5 Å². The number of carbonyl (C=O) groups excluding carboxylic acids is 2. The van der Waals surface area contributed by atoms with E-state index in [9.17, 15) is 9.59 Å². The fraction of sp³-hybridized carbons (Fsp3) is 0.643. The van der Waals surface area contributed by atoms with E-state index in [1.807, 2.05) is 11.8 Å². The first-order chi connectivity index (χ1) is 10.0. The molecule has 1 aliphatic heterocycles. The van der Waals surface area contributed by atoms with Gasteiger partial charge in [0, 0.05) is 45.1 Å². The summed E-state index contributed by atoms with van der Waals surface area (Å²) < 4.78 is 1.59. The molecule has 2 unspecified atom stereocenters. The Morgan fingerprint density at radius 3 is 2.70 bits per heavy atom. The summed E-state index contributed by atoms with van der Waals surface area (Å²) in [7, 11) is 1.66. The minimum absolute atomic E-state index is 0. The second-order valence-corrected chi connectivity index (χ2v) is 5.50. The average molecular weight is 366 g/mol. The van der Waals surface area contributed by atoms with Crippen LogP contribution in [-0.4, -0.2) is 70.7 Å². The molecular formula is C14H25Cl2N5O2. The number of nitrogens with zero attached hydrogens (tertiary/aromatic N) is 4. The number of hydrogen-bond acceptors (Lipinski definition) is 4. The van der Waals surface area contributed by atoms with Crippen LogP contribution in [0.15, 0.2) is 18.5 Å². The molecule has 1 aromatic heterocycles. The zero-order valence-electron chi connectivity index (χ0n) is 13.6. The van der Waals surface area contributed by atoms with Crippen molar-refractivity contribution in [2.24, 2.45) is 0 Å². The Labute approximate surface area is 149 Å². The van der Waals surface area contributed by atoms with Crippen molar-refractivity contribution in [2.75, 3.05) is 33.2 Å². The maximum absolute atomic E-state index is 12.3. The van der Waals surface area contributed by atoms with Gasteiger partial charge in [-0.05, 0) is 19.9 Å². The highest BCUT2D eigenvalue weighted by Crippen LogP contribution is 2.09. The minimum Gasteiger partial charge on any atom is -0.336 e. The quantitative estimate of drug-likeness (QED) is 0.846. The molecular weight excluding hydrogens is 341 g/mol. The van der Waals surface area contributed by atoms with Crippen LogP contribution < -0.4 is 5.32 Å². The van der Waals surface area contributed by atoms with Crippen molar-refractivity contribution in [1.82, 2.24) is 24.9 Å². The number of likely N-dealkylation sites (N-methyl/N-ethyl adjacent to an activating group) is 1. The van der Waals surface area contributed by atoms with E-state index in [1.165, 1.54) is 4.90 Å². The zero-order chi connectivity index (χ0) is 15.4. The van der Waals surface area contributed by atoms with E-state index in [4.69, 9.17) is 0 Å². The molecule has 9 heteroatoms. The highest BCUT2D eigenvalue weighted by atomic mass is 35.5. The first-order valence-electron chi connectivity index (χ1n) is 7.25. The second-order valence-electron chi connectivity index (χ2n) is 5.50. The molecule has 2 atom stereocenters. The van der Waals surface area contributed by atoms with Crippen LogP contribution in [0, 0.1) is 0 Å². The molecule has 1 fully saturated rings. The Bertz CT molecular complexity index is 497. The fourth-order valence-electron chi connectivity index (χ4n) is 2.53. The van der Waals surface area contributed by atoms with E-state index in [-0.39, 0.29) is 49.2 Å². The largest absolute Gasteiger partial charge is 0.336 e. The van der Waals surface area contributed by atoms with Gasteiger partial charge < -0.3 is 15.1 Å². The maximum atomic E-state index is 12.3. The normalized spacial score (nSPS) is 18.4. The maximum Gasteiger partial charge on any atom is 0.247 e. The highest BCUT2D eigenvalue weighted by molar-refractivity contribution is 5.86. The Hall–Kier alpha value is -1.31. The molecule has 1 N–H and O–H groups in total. The van der Waals surface area contributed by atoms with Gasteiger partial charge >= 0.3 is 0 Å². The molecule has 132 valence electrons. The van der Waals surface area contributed by atoms with Gasteiger partial charge in [-0.15, -0.1) is 24.8 Å². The van der Waals surface area contributed by atoms with E-state index in [0.717, 1.165) is 13.1 Å². The number of rotatable bonds is 4. The van der Waals surface area contributed by atoms with Crippen molar-refractivity contribution in [3.63, 3.8) is 0 Å². The fourth-order valence-corrected chi connectivity index (χ4v) is 2.53. The average Bonchev–Trinajstić information content (AvgIpc) is 3.00. The number of carbonyl (C=O) groups is 2. The summed E-state index contributed by atoms with van der Waals surface area (Å²) in [5.41, 5.74) is 0. The highest BCUT2D eigenvalue weighted by Gasteiger charge is 2.26. The molecule has 0 radical (unpaired) electrons. The molecule has 23 heavy (non-hydrogen) atoms. The lowest BCUT2D eigenvalue weighted by Crippen LogP contribution is -2.54. The molecule has 2 rings (SSSR count). The van der Waals surface area contributed by atoms with Gasteiger partial charge in [0.2, 0.25) is 11.8 Å². The molecule has 1 saturated heterocycles. The Morgan fingerprint density at radius 1 is 1.43 bits per heavy atom. The predicted octanol–water partition coefficient (Wildman–Crippen LogP) is 0.566. The topological polar surface area (TPSA) is 70.5 Å². The Morgan fingerprint density at radius 2 is 2.13 bits per heavy atom. The summed E-state index contributed by atoms with van der Waals surface area (Å²) in [6, 6.07) is 1.54. The van der Waals surface area contributed by atoms with Gasteiger partial charge in [0.25, 0.3) is 0 Å². The Balaban J connectivity index is 0.00000242. The minimum atomic E-state index is -0.404. The van der Waals surface area contributed by atoms with E-state index in [2.05, 4.69) is 10.4 Å². The summed E-state index contributed by atoms with van der Waals surface area (Å²) in [6.07, 6.45) is 3.38. The van der Waals surface area contributed by atoms with Crippen LogP contribution in [0.5, 0.6) is 0 Å². The number of halogens is 2. The van der Waals surface area contributed by atoms with Gasteiger partial charge in [-0.2, -0.15) is 5.10 Å². The lowest BCUT2D eigenvalue weighted by molar-refractivity contribution is -0.142. The second kappa shape index (κ2) is 9.75. The summed E-state index contributed by atoms with van der Waals surface area (Å²) in [6.45, 7) is 6.19. The van der Waals surface area contributed by atoms with E-state index in [1.54, 1.807) is 37.1 Å². The van der Waals surface area contributed by atoms with Gasteiger partial charge in [-0.25, -0.2) is 0 Å². The third-order valence-corrected chi connectivity index (χ3v) is 3.85. The van der Waals surface area contributed by atoms with Crippen molar-refractivity contribution in [1.29, 1.82) is 0 Å². The monoisotopic (exact) mass is 365 g/mol. The molecule has 7 nitrogen and oxygen atoms in total. The molecule has 0 aliphatic carbocycles. The van der Waals surface area contributed by atoms with Crippen molar-refractivity contribution in [2.45, 2.75) is 25.9 Å². The van der Waals surface area contributed by atoms with Crippen LogP contribution in [0.4, 0.5) is 0 Å². The van der Waals surface area contributed by atoms with Crippen LogP contribution in [0.2, 0.25) is 0 Å². The Kier molecular flexibility index (Phi) is 9.19. The van der Waals surface area contributed by atoms with Crippen molar-refractivity contribution >= 4 is 36.6 Å². The lowest BCUT2D eigenvalue weighted by Gasteiger charge is -2.35. The van der Waals surface area contributed by atoms with E-state index in [0.29, 0.717) is 6.54 Å². The summed E-state index contributed by atoms with van der Waals surface area (Å²) in [5.74, 6) is -0.123. The van der Waals surface area contributed by atoms with E-state index < -0.39 is 6.04 Å². The van der Waals surface area contributed by atoms with Crippen LogP contribution in [-0.2, 0) is 9.59 Å². The van der Waals surface area contributed by atoms with Crippen LogP contribution >= 0.6 is 24.8 Å². The molecule has 1 aromatic rings. The van der Waals surface area contributed by atoms with Crippen LogP contribution in [0.25, 0.3) is 0 Å². The lowest BCUT2D eigenvalue weighted by atomic mass is 10.2. The number of amides is 2. The molecule has 2 amide bonds.